The zero-order chi connectivity index (χ0) is 22.3. The van der Waals surface area contributed by atoms with Crippen molar-refractivity contribution in [3.05, 3.63) is 77.9 Å². The molecule has 1 N–H and O–H groups in total. The van der Waals surface area contributed by atoms with Crippen LogP contribution in [0, 0.1) is 6.92 Å². The first kappa shape index (κ1) is 21.9. The first-order valence-corrected chi connectivity index (χ1v) is 11.1. The van der Waals surface area contributed by atoms with Gasteiger partial charge in [0.2, 0.25) is 0 Å². The Labute approximate surface area is 190 Å². The number of hydrogen-bond acceptors (Lipinski definition) is 4. The Morgan fingerprint density at radius 1 is 0.906 bits per heavy atom. The lowest BCUT2D eigenvalue weighted by molar-refractivity contribution is 0.102. The molecule has 0 bridgehead atoms. The topological polar surface area (TPSA) is 50.8 Å². The first-order chi connectivity index (χ1) is 15.6. The molecule has 5 nitrogen and oxygen atoms in total. The minimum atomic E-state index is -0.162. The van der Waals surface area contributed by atoms with Crippen molar-refractivity contribution in [3.8, 4) is 22.6 Å². The van der Waals surface area contributed by atoms with E-state index in [1.54, 1.807) is 13.2 Å². The van der Waals surface area contributed by atoms with E-state index >= 15 is 0 Å². The molecule has 0 aliphatic carbocycles. The van der Waals surface area contributed by atoms with Crippen LogP contribution in [0.1, 0.15) is 28.8 Å². The van der Waals surface area contributed by atoms with Crippen molar-refractivity contribution in [2.75, 3.05) is 38.7 Å². The van der Waals surface area contributed by atoms with Crippen LogP contribution in [0.3, 0.4) is 0 Å². The van der Waals surface area contributed by atoms with Crippen molar-refractivity contribution in [2.24, 2.45) is 0 Å². The summed E-state index contributed by atoms with van der Waals surface area (Å²) in [6, 6.07) is 21.5. The van der Waals surface area contributed by atoms with E-state index in [9.17, 15) is 4.79 Å². The Kier molecular flexibility index (Phi) is 7.07. The summed E-state index contributed by atoms with van der Waals surface area (Å²) >= 11 is 0. The lowest BCUT2D eigenvalue weighted by Gasteiger charge is -2.16. The van der Waals surface area contributed by atoms with Gasteiger partial charge in [0.25, 0.3) is 5.91 Å². The molecule has 1 heterocycles. The number of likely N-dealkylation sites (tertiary alicyclic amines) is 1. The summed E-state index contributed by atoms with van der Waals surface area (Å²) in [5.41, 5.74) is 4.71. The number of carbonyl (C=O) groups is 1. The number of benzene rings is 3. The number of hydrogen-bond donors (Lipinski definition) is 1. The van der Waals surface area contributed by atoms with Crippen LogP contribution < -0.4 is 14.8 Å². The number of amides is 1. The van der Waals surface area contributed by atoms with Crippen molar-refractivity contribution in [3.63, 3.8) is 0 Å². The normalized spacial score (nSPS) is 13.7. The fraction of sp³-hybridized carbons (Fsp3) is 0.296. The molecule has 1 aliphatic rings. The van der Waals surface area contributed by atoms with Gasteiger partial charge in [-0.25, -0.2) is 0 Å². The molecule has 0 aromatic heterocycles. The second-order valence-electron chi connectivity index (χ2n) is 8.16. The minimum absolute atomic E-state index is 0.162. The highest BCUT2D eigenvalue weighted by atomic mass is 16.5. The van der Waals surface area contributed by atoms with Gasteiger partial charge in [0, 0.05) is 23.9 Å². The van der Waals surface area contributed by atoms with Gasteiger partial charge in [0.05, 0.1) is 7.11 Å². The summed E-state index contributed by atoms with van der Waals surface area (Å²) in [5, 5.41) is 2.94. The van der Waals surface area contributed by atoms with E-state index in [1.807, 2.05) is 36.4 Å². The molecule has 5 heteroatoms. The van der Waals surface area contributed by atoms with E-state index in [0.717, 1.165) is 30.8 Å². The number of methoxy groups -OCH3 is 1. The van der Waals surface area contributed by atoms with E-state index in [1.165, 1.54) is 18.4 Å². The summed E-state index contributed by atoms with van der Waals surface area (Å²) in [6.45, 7) is 5.91. The molecule has 3 aromatic carbocycles. The van der Waals surface area contributed by atoms with Gasteiger partial charge >= 0.3 is 0 Å². The molecule has 0 spiro atoms. The van der Waals surface area contributed by atoms with Gasteiger partial charge in [0.1, 0.15) is 6.61 Å². The van der Waals surface area contributed by atoms with Crippen LogP contribution in [-0.4, -0.2) is 44.2 Å². The third-order valence-electron chi connectivity index (χ3n) is 5.82. The summed E-state index contributed by atoms with van der Waals surface area (Å²) < 4.78 is 11.4. The lowest BCUT2D eigenvalue weighted by atomic mass is 10.0. The van der Waals surface area contributed by atoms with Gasteiger partial charge in [-0.3, -0.25) is 9.69 Å². The second kappa shape index (κ2) is 10.3. The van der Waals surface area contributed by atoms with Crippen LogP contribution in [-0.2, 0) is 0 Å². The summed E-state index contributed by atoms with van der Waals surface area (Å²) in [5.74, 6) is 1.14. The van der Waals surface area contributed by atoms with Crippen molar-refractivity contribution in [2.45, 2.75) is 19.8 Å². The monoisotopic (exact) mass is 430 g/mol. The average Bonchev–Trinajstić information content (AvgIpc) is 3.34. The maximum atomic E-state index is 12.7. The molecule has 0 radical (unpaired) electrons. The molecule has 0 atom stereocenters. The van der Waals surface area contributed by atoms with Gasteiger partial charge in [0.15, 0.2) is 11.5 Å². The lowest BCUT2D eigenvalue weighted by Crippen LogP contribution is -2.25. The third kappa shape index (κ3) is 5.48. The number of aryl methyl sites for hydroxylation is 1. The van der Waals surface area contributed by atoms with Crippen LogP contribution in [0.2, 0.25) is 0 Å². The zero-order valence-electron chi connectivity index (χ0n) is 18.8. The van der Waals surface area contributed by atoms with Crippen molar-refractivity contribution >= 4 is 11.6 Å². The Balaban J connectivity index is 1.37. The first-order valence-electron chi connectivity index (χ1n) is 11.1. The number of carbonyl (C=O) groups excluding carboxylic acids is 1. The van der Waals surface area contributed by atoms with E-state index in [0.29, 0.717) is 29.4 Å². The standard InChI is InChI=1S/C27H30N2O3/c1-20-5-7-21(8-6-20)22-9-11-23(12-10-22)27(30)28-24-13-14-25(26(19-24)31-2)32-18-17-29-15-3-4-16-29/h5-14,19H,3-4,15-18H2,1-2H3,(H,28,30). The molecular weight excluding hydrogens is 400 g/mol. The third-order valence-corrected chi connectivity index (χ3v) is 5.82. The maximum Gasteiger partial charge on any atom is 0.255 e. The minimum Gasteiger partial charge on any atom is -0.493 e. The summed E-state index contributed by atoms with van der Waals surface area (Å²) in [4.78, 5) is 15.1. The Bertz CT molecular complexity index is 1040. The van der Waals surface area contributed by atoms with Gasteiger partial charge in [-0.2, -0.15) is 0 Å². The molecule has 1 saturated heterocycles. The van der Waals surface area contributed by atoms with Gasteiger partial charge in [-0.1, -0.05) is 42.0 Å². The van der Waals surface area contributed by atoms with Crippen LogP contribution in [0.15, 0.2) is 66.7 Å². The highest BCUT2D eigenvalue weighted by Gasteiger charge is 2.13. The summed E-state index contributed by atoms with van der Waals surface area (Å²) in [7, 11) is 1.61. The molecule has 4 rings (SSSR count). The second-order valence-corrected chi connectivity index (χ2v) is 8.16. The predicted octanol–water partition coefficient (Wildman–Crippen LogP) is 5.40. The molecular formula is C27H30N2O3. The van der Waals surface area contributed by atoms with E-state index in [2.05, 4.69) is 41.4 Å². The smallest absolute Gasteiger partial charge is 0.255 e. The van der Waals surface area contributed by atoms with E-state index in [4.69, 9.17) is 9.47 Å². The van der Waals surface area contributed by atoms with E-state index in [-0.39, 0.29) is 5.91 Å². The fourth-order valence-electron chi connectivity index (χ4n) is 3.92. The van der Waals surface area contributed by atoms with Crippen LogP contribution in [0.25, 0.3) is 11.1 Å². The largest absolute Gasteiger partial charge is 0.493 e. The summed E-state index contributed by atoms with van der Waals surface area (Å²) in [6.07, 6.45) is 2.54. The molecule has 0 saturated carbocycles. The average molecular weight is 431 g/mol. The quantitative estimate of drug-likeness (QED) is 0.520. The number of anilines is 1. The van der Waals surface area contributed by atoms with Crippen LogP contribution in [0.5, 0.6) is 11.5 Å². The molecule has 0 unspecified atom stereocenters. The van der Waals surface area contributed by atoms with Crippen molar-refractivity contribution in [1.82, 2.24) is 4.90 Å². The predicted molar refractivity (Wildman–Crippen MR) is 129 cm³/mol. The van der Waals surface area contributed by atoms with Crippen molar-refractivity contribution < 1.29 is 14.3 Å². The van der Waals surface area contributed by atoms with Crippen LogP contribution in [0.4, 0.5) is 5.69 Å². The zero-order valence-corrected chi connectivity index (χ0v) is 18.8. The molecule has 1 aliphatic heterocycles. The highest BCUT2D eigenvalue weighted by Crippen LogP contribution is 2.30. The van der Waals surface area contributed by atoms with Gasteiger partial charge in [-0.15, -0.1) is 0 Å². The number of nitrogens with zero attached hydrogens (tertiary/aromatic N) is 1. The fourth-order valence-corrected chi connectivity index (χ4v) is 3.92. The highest BCUT2D eigenvalue weighted by molar-refractivity contribution is 6.04. The molecule has 1 fully saturated rings. The van der Waals surface area contributed by atoms with Gasteiger partial charge in [-0.05, 0) is 68.2 Å². The Morgan fingerprint density at radius 2 is 1.56 bits per heavy atom. The van der Waals surface area contributed by atoms with E-state index < -0.39 is 0 Å². The SMILES string of the molecule is COc1cc(NC(=O)c2ccc(-c3ccc(C)cc3)cc2)ccc1OCCN1CCCC1. The molecule has 166 valence electrons. The van der Waals surface area contributed by atoms with Crippen LogP contribution >= 0.6 is 0 Å². The Morgan fingerprint density at radius 3 is 2.22 bits per heavy atom. The Hall–Kier alpha value is -3.31. The number of ether oxygens (including phenoxy) is 2. The molecule has 3 aromatic rings. The maximum absolute atomic E-state index is 12.7. The van der Waals surface area contributed by atoms with Crippen molar-refractivity contribution in [1.29, 1.82) is 0 Å². The molecule has 1 amide bonds. The van der Waals surface area contributed by atoms with Gasteiger partial charge < -0.3 is 14.8 Å². The number of nitrogens with one attached hydrogen (secondary N) is 1. The molecule has 32 heavy (non-hydrogen) atoms. The number of rotatable bonds is 8.